The van der Waals surface area contributed by atoms with Crippen LogP contribution < -0.4 is 10.6 Å². The van der Waals surface area contributed by atoms with Crippen LogP contribution in [0.25, 0.3) is 0 Å². The number of pyridine rings is 1. The van der Waals surface area contributed by atoms with Gasteiger partial charge in [0, 0.05) is 53.5 Å². The second-order valence-electron chi connectivity index (χ2n) is 11.0. The monoisotopic (exact) mass is 643 g/mol. The quantitative estimate of drug-likeness (QED) is 0.161. The number of ketones is 1. The van der Waals surface area contributed by atoms with Gasteiger partial charge in [-0.15, -0.1) is 11.8 Å². The average Bonchev–Trinajstić information content (AvgIpc) is 3.08. The summed E-state index contributed by atoms with van der Waals surface area (Å²) in [7, 11) is 1.30. The fourth-order valence-electron chi connectivity index (χ4n) is 5.69. The smallest absolute Gasteiger partial charge is 0.407 e. The van der Waals surface area contributed by atoms with Crippen molar-refractivity contribution < 1.29 is 19.1 Å². The molecular weight excluding hydrogens is 606 g/mol. The molecule has 4 aromatic rings. The van der Waals surface area contributed by atoms with Gasteiger partial charge in [-0.25, -0.2) is 4.79 Å². The van der Waals surface area contributed by atoms with E-state index in [1.54, 1.807) is 24.2 Å². The van der Waals surface area contributed by atoms with Crippen LogP contribution in [0.4, 0.5) is 4.79 Å². The van der Waals surface area contributed by atoms with Crippen LogP contribution in [0.2, 0.25) is 5.02 Å². The molecule has 0 radical (unpaired) electrons. The number of carbonyl (C=O) groups excluding carboxylic acids is 2. The maximum absolute atomic E-state index is 14.1. The van der Waals surface area contributed by atoms with Crippen LogP contribution in [0.3, 0.4) is 0 Å². The maximum Gasteiger partial charge on any atom is 0.407 e. The molecule has 3 aromatic carbocycles. The Hall–Kier alpha value is -3.69. The van der Waals surface area contributed by atoms with E-state index in [9.17, 15) is 9.59 Å². The minimum absolute atomic E-state index is 0.0706. The zero-order valence-electron chi connectivity index (χ0n) is 25.2. The van der Waals surface area contributed by atoms with Gasteiger partial charge in [-0.3, -0.25) is 9.78 Å². The number of thioether (sulfide) groups is 1. The molecular formula is C36H38ClN3O4S. The minimum Gasteiger partial charge on any atom is -0.453 e. The molecule has 0 unspecified atom stereocenters. The van der Waals surface area contributed by atoms with E-state index in [0.717, 1.165) is 59.0 Å². The molecule has 2 N–H and O–H groups in total. The van der Waals surface area contributed by atoms with E-state index < -0.39 is 18.1 Å². The first kappa shape index (κ1) is 32.7. The zero-order chi connectivity index (χ0) is 31.4. The number of Topliss-reactive ketones (excluding diaryl/α,β-unsaturated/α-hetero) is 1. The third kappa shape index (κ3) is 9.41. The normalized spacial score (nSPS) is 17.6. The van der Waals surface area contributed by atoms with Gasteiger partial charge in [-0.1, -0.05) is 66.2 Å². The van der Waals surface area contributed by atoms with Gasteiger partial charge in [0.25, 0.3) is 0 Å². The SMILES string of the molecule is COC(=O)N[C@@H](C(=O)Cc1ccccc1CC[C@@H]1CNC[C@@H](CSc2ccc(Cl)cc2)O1)[C@H](c1ccccc1)c1ccncc1. The van der Waals surface area contributed by atoms with E-state index in [0.29, 0.717) is 0 Å². The number of rotatable bonds is 13. The lowest BCUT2D eigenvalue weighted by Gasteiger charge is -2.31. The molecule has 1 amide bonds. The highest BCUT2D eigenvalue weighted by Gasteiger charge is 2.33. The lowest BCUT2D eigenvalue weighted by molar-refractivity contribution is -0.120. The highest BCUT2D eigenvalue weighted by Crippen LogP contribution is 2.30. The highest BCUT2D eigenvalue weighted by atomic mass is 35.5. The Morgan fingerprint density at radius 3 is 2.33 bits per heavy atom. The number of hydrogen-bond acceptors (Lipinski definition) is 7. The number of ether oxygens (including phenoxy) is 2. The molecule has 1 fully saturated rings. The standard InChI is InChI=1S/C36H38ClN3O4S/c1-43-36(42)40-35(34(26-8-3-2-4-9-26)27-17-19-38-20-18-27)33(41)21-28-10-6-5-7-25(28)11-14-30-22-39-23-31(44-30)24-45-32-15-12-29(37)13-16-32/h2-10,12-13,15-20,30-31,34-35,39H,11,14,21-24H2,1H3,(H,40,42)/t30-,31+,34-,35+/m1/s1. The van der Waals surface area contributed by atoms with Crippen molar-refractivity contribution in [2.45, 2.75) is 48.3 Å². The second kappa shape index (κ2) is 16.6. The summed E-state index contributed by atoms with van der Waals surface area (Å²) < 4.78 is 11.4. The summed E-state index contributed by atoms with van der Waals surface area (Å²) in [4.78, 5) is 32.0. The van der Waals surface area contributed by atoms with Crippen LogP contribution in [0.15, 0.2) is 108 Å². The Morgan fingerprint density at radius 1 is 0.933 bits per heavy atom. The minimum atomic E-state index is -0.847. The number of hydrogen-bond donors (Lipinski definition) is 2. The molecule has 4 atom stereocenters. The number of amides is 1. The van der Waals surface area contributed by atoms with E-state index in [1.807, 2.05) is 84.9 Å². The second-order valence-corrected chi connectivity index (χ2v) is 12.6. The van der Waals surface area contributed by atoms with Crippen LogP contribution in [0.1, 0.15) is 34.6 Å². The Morgan fingerprint density at radius 2 is 1.60 bits per heavy atom. The molecule has 45 heavy (non-hydrogen) atoms. The van der Waals surface area contributed by atoms with E-state index in [4.69, 9.17) is 21.1 Å². The molecule has 0 saturated carbocycles. The molecule has 1 saturated heterocycles. The lowest BCUT2D eigenvalue weighted by Crippen LogP contribution is -2.46. The highest BCUT2D eigenvalue weighted by molar-refractivity contribution is 7.99. The van der Waals surface area contributed by atoms with Crippen LogP contribution in [-0.2, 0) is 27.1 Å². The molecule has 9 heteroatoms. The number of aryl methyl sites for hydroxylation is 1. The predicted octanol–water partition coefficient (Wildman–Crippen LogP) is 6.49. The summed E-state index contributed by atoms with van der Waals surface area (Å²) in [5.74, 6) is 0.330. The van der Waals surface area contributed by atoms with Gasteiger partial charge in [0.1, 0.15) is 6.04 Å². The van der Waals surface area contributed by atoms with Gasteiger partial charge in [0.15, 0.2) is 5.78 Å². The van der Waals surface area contributed by atoms with Crippen molar-refractivity contribution in [3.63, 3.8) is 0 Å². The summed E-state index contributed by atoms with van der Waals surface area (Å²) >= 11 is 7.79. The molecule has 1 aromatic heterocycles. The molecule has 7 nitrogen and oxygen atoms in total. The summed E-state index contributed by atoms with van der Waals surface area (Å²) in [5, 5.41) is 7.11. The van der Waals surface area contributed by atoms with Crippen molar-refractivity contribution in [1.82, 2.24) is 15.6 Å². The van der Waals surface area contributed by atoms with Crippen molar-refractivity contribution in [2.24, 2.45) is 0 Å². The van der Waals surface area contributed by atoms with Gasteiger partial charge >= 0.3 is 6.09 Å². The first-order valence-electron chi connectivity index (χ1n) is 15.1. The van der Waals surface area contributed by atoms with Gasteiger partial charge in [0.05, 0.1) is 19.3 Å². The average molecular weight is 644 g/mol. The van der Waals surface area contributed by atoms with E-state index in [1.165, 1.54) is 12.0 Å². The van der Waals surface area contributed by atoms with Crippen LogP contribution in [-0.4, -0.2) is 61.1 Å². The van der Waals surface area contributed by atoms with Gasteiger partial charge in [-0.05, 0) is 71.5 Å². The number of nitrogens with one attached hydrogen (secondary N) is 2. The number of benzene rings is 3. The number of morpholine rings is 1. The third-order valence-corrected chi connectivity index (χ3v) is 9.36. The van der Waals surface area contributed by atoms with Crippen molar-refractivity contribution in [1.29, 1.82) is 0 Å². The number of nitrogens with zero attached hydrogens (tertiary/aromatic N) is 1. The van der Waals surface area contributed by atoms with Gasteiger partial charge in [-0.2, -0.15) is 0 Å². The summed E-state index contributed by atoms with van der Waals surface area (Å²) in [6.45, 7) is 1.61. The molecule has 0 spiro atoms. The van der Waals surface area contributed by atoms with Crippen LogP contribution >= 0.6 is 23.4 Å². The molecule has 1 aliphatic rings. The topological polar surface area (TPSA) is 89.5 Å². The third-order valence-electron chi connectivity index (χ3n) is 7.96. The Balaban J connectivity index is 1.27. The Bertz CT molecular complexity index is 1490. The van der Waals surface area contributed by atoms with Crippen molar-refractivity contribution >= 4 is 35.2 Å². The summed E-state index contributed by atoms with van der Waals surface area (Å²) in [5.41, 5.74) is 3.84. The fourth-order valence-corrected chi connectivity index (χ4v) is 6.72. The Kier molecular flexibility index (Phi) is 12.0. The number of methoxy groups -OCH3 is 1. The van der Waals surface area contributed by atoms with Crippen molar-refractivity contribution in [3.8, 4) is 0 Å². The van der Waals surface area contributed by atoms with Gasteiger partial charge in [0.2, 0.25) is 0 Å². The van der Waals surface area contributed by atoms with Crippen LogP contribution in [0, 0.1) is 0 Å². The number of carbonyl (C=O) groups is 2. The summed E-state index contributed by atoms with van der Waals surface area (Å²) in [6, 6.07) is 28.6. The van der Waals surface area contributed by atoms with E-state index in [-0.39, 0.29) is 24.4 Å². The lowest BCUT2D eigenvalue weighted by atomic mass is 9.82. The number of halogens is 1. The van der Waals surface area contributed by atoms with E-state index in [2.05, 4.69) is 21.7 Å². The van der Waals surface area contributed by atoms with Crippen LogP contribution in [0.5, 0.6) is 0 Å². The molecule has 2 heterocycles. The van der Waals surface area contributed by atoms with Crippen molar-refractivity contribution in [2.75, 3.05) is 26.0 Å². The van der Waals surface area contributed by atoms with Gasteiger partial charge < -0.3 is 20.1 Å². The first-order valence-corrected chi connectivity index (χ1v) is 16.5. The number of aromatic nitrogens is 1. The summed E-state index contributed by atoms with van der Waals surface area (Å²) in [6.07, 6.45) is 4.69. The Labute approximate surface area is 274 Å². The van der Waals surface area contributed by atoms with Crippen molar-refractivity contribution in [3.05, 3.63) is 131 Å². The molecule has 234 valence electrons. The zero-order valence-corrected chi connectivity index (χ0v) is 26.8. The molecule has 0 bridgehead atoms. The largest absolute Gasteiger partial charge is 0.453 e. The molecule has 5 rings (SSSR count). The fraction of sp³-hybridized carbons (Fsp3) is 0.306. The maximum atomic E-state index is 14.1. The number of alkyl carbamates (subject to hydrolysis) is 1. The molecule has 0 aliphatic carbocycles. The van der Waals surface area contributed by atoms with E-state index >= 15 is 0 Å². The molecule has 1 aliphatic heterocycles. The first-order chi connectivity index (χ1) is 22.0. The predicted molar refractivity (Wildman–Crippen MR) is 179 cm³/mol.